The molecule has 0 spiro atoms. The van der Waals surface area contributed by atoms with Crippen LogP contribution in [-0.4, -0.2) is 9.55 Å². The molecule has 3 rings (SSSR count). The third-order valence-electron chi connectivity index (χ3n) is 4.54. The van der Waals surface area contributed by atoms with Crippen molar-refractivity contribution in [2.45, 2.75) is 46.6 Å². The molecule has 0 fully saturated rings. The minimum atomic E-state index is -0.415. The number of benzene rings is 1. The van der Waals surface area contributed by atoms with Crippen LogP contribution in [0.5, 0.6) is 11.6 Å². The molecule has 1 atom stereocenters. The fraction of sp³-hybridized carbons (Fsp3) is 0.400. The maximum Gasteiger partial charge on any atom is 0.331 e. The number of aryl methyl sites for hydroxylation is 2. The summed E-state index contributed by atoms with van der Waals surface area (Å²) in [7, 11) is 0. The minimum Gasteiger partial charge on any atom is -0.440 e. The van der Waals surface area contributed by atoms with Crippen LogP contribution in [0.2, 0.25) is 0 Å². The average Bonchev–Trinajstić information content (AvgIpc) is 3.03. The first-order chi connectivity index (χ1) is 12.0. The Balaban J connectivity index is 2.09. The molecule has 25 heavy (non-hydrogen) atoms. The number of rotatable bonds is 5. The number of allylic oxidation sites excluding steroid dienone is 2. The molecule has 1 unspecified atom stereocenters. The first-order valence-corrected chi connectivity index (χ1v) is 8.76. The number of aromatic nitrogens is 2. The summed E-state index contributed by atoms with van der Waals surface area (Å²) in [5.41, 5.74) is 1.86. The zero-order chi connectivity index (χ0) is 18.0. The van der Waals surface area contributed by atoms with Gasteiger partial charge in [-0.1, -0.05) is 25.1 Å². The molecule has 0 bridgehead atoms. The Labute approximate surface area is 147 Å². The molecule has 0 saturated carbocycles. The van der Waals surface area contributed by atoms with E-state index in [4.69, 9.17) is 4.74 Å². The number of hydrogen-bond acceptors (Lipinski definition) is 3. The van der Waals surface area contributed by atoms with E-state index < -0.39 is 5.69 Å². The summed E-state index contributed by atoms with van der Waals surface area (Å²) < 4.78 is 7.65. The van der Waals surface area contributed by atoms with Crippen LogP contribution in [0.4, 0.5) is 0 Å². The molecule has 2 aromatic rings. The monoisotopic (exact) mass is 340 g/mol. The van der Waals surface area contributed by atoms with E-state index in [2.05, 4.69) is 23.2 Å². The molecule has 0 saturated heterocycles. The van der Waals surface area contributed by atoms with E-state index in [1.807, 2.05) is 32.9 Å². The van der Waals surface area contributed by atoms with Gasteiger partial charge in [0.25, 0.3) is 5.56 Å². The molecule has 5 nitrogen and oxygen atoms in total. The van der Waals surface area contributed by atoms with Crippen LogP contribution in [0.1, 0.15) is 36.5 Å². The van der Waals surface area contributed by atoms with Gasteiger partial charge in [-0.2, -0.15) is 0 Å². The lowest BCUT2D eigenvalue weighted by Gasteiger charge is -2.18. The third kappa shape index (κ3) is 3.76. The van der Waals surface area contributed by atoms with Crippen molar-refractivity contribution in [1.82, 2.24) is 9.55 Å². The summed E-state index contributed by atoms with van der Waals surface area (Å²) >= 11 is 0. The van der Waals surface area contributed by atoms with Crippen molar-refractivity contribution in [3.8, 4) is 11.6 Å². The van der Waals surface area contributed by atoms with Crippen molar-refractivity contribution in [3.63, 3.8) is 0 Å². The number of aromatic amines is 1. The predicted molar refractivity (Wildman–Crippen MR) is 98.6 cm³/mol. The van der Waals surface area contributed by atoms with E-state index in [1.165, 1.54) is 0 Å². The molecule has 0 amide bonds. The lowest BCUT2D eigenvalue weighted by Crippen LogP contribution is -2.34. The summed E-state index contributed by atoms with van der Waals surface area (Å²) in [4.78, 5) is 27.1. The van der Waals surface area contributed by atoms with Crippen molar-refractivity contribution in [1.29, 1.82) is 0 Å². The van der Waals surface area contributed by atoms with Crippen LogP contribution in [0, 0.1) is 19.8 Å². The second kappa shape index (κ2) is 7.13. The standard InChI is InChI=1S/C20H24N2O3/c1-4-17-18(23)21-20(24)22(12-15-7-5-6-8-15)19(17)25-16-10-13(2)9-14(3)11-16/h5,7,9-11,15H,4,6,8,12H2,1-3H3,(H,21,23,24). The summed E-state index contributed by atoms with van der Waals surface area (Å²) in [6, 6.07) is 5.89. The summed E-state index contributed by atoms with van der Waals surface area (Å²) in [6.07, 6.45) is 6.79. The largest absolute Gasteiger partial charge is 0.440 e. The number of nitrogens with one attached hydrogen (secondary N) is 1. The molecule has 1 aromatic carbocycles. The van der Waals surface area contributed by atoms with Crippen LogP contribution >= 0.6 is 0 Å². The molecule has 0 radical (unpaired) electrons. The Morgan fingerprint density at radius 1 is 1.20 bits per heavy atom. The van der Waals surface area contributed by atoms with Gasteiger partial charge in [0.2, 0.25) is 5.88 Å². The molecular weight excluding hydrogens is 316 g/mol. The zero-order valence-corrected chi connectivity index (χ0v) is 15.0. The Bertz CT molecular complexity index is 901. The highest BCUT2D eigenvalue weighted by Gasteiger charge is 2.19. The number of nitrogens with zero attached hydrogens (tertiary/aromatic N) is 1. The van der Waals surface area contributed by atoms with E-state index >= 15 is 0 Å². The predicted octanol–water partition coefficient (Wildman–Crippen LogP) is 3.47. The zero-order valence-electron chi connectivity index (χ0n) is 15.0. The Morgan fingerprint density at radius 2 is 1.92 bits per heavy atom. The number of ether oxygens (including phenoxy) is 1. The third-order valence-corrected chi connectivity index (χ3v) is 4.54. The average molecular weight is 340 g/mol. The number of hydrogen-bond donors (Lipinski definition) is 1. The van der Waals surface area contributed by atoms with Gasteiger partial charge in [-0.05, 0) is 62.3 Å². The van der Waals surface area contributed by atoms with Crippen LogP contribution in [0.3, 0.4) is 0 Å². The van der Waals surface area contributed by atoms with E-state index in [1.54, 1.807) is 4.57 Å². The molecule has 1 aliphatic rings. The van der Waals surface area contributed by atoms with E-state index in [9.17, 15) is 9.59 Å². The van der Waals surface area contributed by atoms with E-state index in [-0.39, 0.29) is 11.5 Å². The molecule has 5 heteroatoms. The maximum atomic E-state index is 12.4. The van der Waals surface area contributed by atoms with Gasteiger partial charge in [0.1, 0.15) is 5.75 Å². The Hall–Kier alpha value is -2.56. The molecule has 1 heterocycles. The van der Waals surface area contributed by atoms with Gasteiger partial charge in [0, 0.05) is 6.54 Å². The lowest BCUT2D eigenvalue weighted by molar-refractivity contribution is 0.382. The number of H-pyrrole nitrogens is 1. The quantitative estimate of drug-likeness (QED) is 0.848. The molecule has 1 aliphatic carbocycles. The molecule has 0 aliphatic heterocycles. The first-order valence-electron chi connectivity index (χ1n) is 8.76. The normalized spacial score (nSPS) is 16.4. The summed E-state index contributed by atoms with van der Waals surface area (Å²) in [5.74, 6) is 1.30. The SMILES string of the molecule is CCc1c(Oc2cc(C)cc(C)c2)n(CC2C=CCC2)c(=O)[nH]c1=O. The van der Waals surface area contributed by atoms with Crippen molar-refractivity contribution >= 4 is 0 Å². The minimum absolute atomic E-state index is 0.287. The molecule has 1 N–H and O–H groups in total. The van der Waals surface area contributed by atoms with Gasteiger partial charge in [-0.25, -0.2) is 4.79 Å². The smallest absolute Gasteiger partial charge is 0.331 e. The fourth-order valence-electron chi connectivity index (χ4n) is 3.37. The highest BCUT2D eigenvalue weighted by atomic mass is 16.5. The second-order valence-corrected chi connectivity index (χ2v) is 6.70. The van der Waals surface area contributed by atoms with Crippen molar-refractivity contribution < 1.29 is 4.74 Å². The lowest BCUT2D eigenvalue weighted by atomic mass is 10.1. The van der Waals surface area contributed by atoms with Gasteiger partial charge in [0.15, 0.2) is 0 Å². The van der Waals surface area contributed by atoms with E-state index in [0.717, 1.165) is 24.0 Å². The van der Waals surface area contributed by atoms with Crippen molar-refractivity contribution in [2.24, 2.45) is 5.92 Å². The second-order valence-electron chi connectivity index (χ2n) is 6.70. The van der Waals surface area contributed by atoms with Crippen molar-refractivity contribution in [3.05, 3.63) is 67.9 Å². The molecule has 132 valence electrons. The maximum absolute atomic E-state index is 12.4. The highest BCUT2D eigenvalue weighted by molar-refractivity contribution is 5.37. The van der Waals surface area contributed by atoms with Gasteiger partial charge < -0.3 is 4.74 Å². The molecular formula is C20H24N2O3. The van der Waals surface area contributed by atoms with Crippen LogP contribution in [0.25, 0.3) is 0 Å². The van der Waals surface area contributed by atoms with E-state index in [0.29, 0.717) is 30.2 Å². The fourth-order valence-corrected chi connectivity index (χ4v) is 3.37. The van der Waals surface area contributed by atoms with Crippen LogP contribution in [0.15, 0.2) is 39.9 Å². The van der Waals surface area contributed by atoms with Crippen LogP contribution < -0.4 is 16.0 Å². The Kier molecular flexibility index (Phi) is 4.93. The van der Waals surface area contributed by atoms with Crippen molar-refractivity contribution in [2.75, 3.05) is 0 Å². The van der Waals surface area contributed by atoms with Crippen LogP contribution in [-0.2, 0) is 13.0 Å². The summed E-state index contributed by atoms with van der Waals surface area (Å²) in [6.45, 7) is 6.39. The van der Waals surface area contributed by atoms with Gasteiger partial charge in [-0.15, -0.1) is 0 Å². The molecule has 1 aromatic heterocycles. The summed E-state index contributed by atoms with van der Waals surface area (Å²) in [5, 5.41) is 0. The van der Waals surface area contributed by atoms with Gasteiger partial charge >= 0.3 is 5.69 Å². The Morgan fingerprint density at radius 3 is 2.52 bits per heavy atom. The van der Waals surface area contributed by atoms with Gasteiger partial charge in [0.05, 0.1) is 5.56 Å². The van der Waals surface area contributed by atoms with Gasteiger partial charge in [-0.3, -0.25) is 14.3 Å². The topological polar surface area (TPSA) is 64.1 Å². The first kappa shape index (κ1) is 17.3. The highest BCUT2D eigenvalue weighted by Crippen LogP contribution is 2.27.